The molecular formula is C23H32N6O5. The van der Waals surface area contributed by atoms with Crippen LogP contribution in [0.25, 0.3) is 11.2 Å². The molecule has 34 heavy (non-hydrogen) atoms. The fourth-order valence-corrected chi connectivity index (χ4v) is 6.64. The van der Waals surface area contributed by atoms with Crippen molar-refractivity contribution in [1.29, 1.82) is 0 Å². The molecule has 1 amide bonds. The molecule has 2 aromatic rings. The average Bonchev–Trinajstić information content (AvgIpc) is 3.53. The molecule has 2 heterocycles. The standard InChI is InChI=1S/C23H32N6O5/c24-19-17-20(28-22(27-19)23(33)13-4-11-3-12(6-13)7-14(23)5-11)29(9-25-17)10-34-18(16(31)8-30)21(32)26-15-1-2-15/h9,11-16,18,30-31,33H,1-8,10H2,(H,26,32)(H2,24,27,28)/t11?,12?,13?,14?,16?,18-,23?/m0/s1. The fourth-order valence-electron chi connectivity index (χ4n) is 6.64. The Labute approximate surface area is 196 Å². The van der Waals surface area contributed by atoms with Gasteiger partial charge in [-0.2, -0.15) is 0 Å². The third kappa shape index (κ3) is 3.57. The second-order valence-corrected chi connectivity index (χ2v) is 10.7. The summed E-state index contributed by atoms with van der Waals surface area (Å²) in [5.74, 6) is 1.68. The highest BCUT2D eigenvalue weighted by atomic mass is 16.5. The molecule has 5 aliphatic carbocycles. The minimum absolute atomic E-state index is 0.0930. The predicted octanol–water partition coefficient (Wildman–Crippen LogP) is 0.0267. The molecule has 0 saturated heterocycles. The zero-order chi connectivity index (χ0) is 23.6. The van der Waals surface area contributed by atoms with Crippen molar-refractivity contribution < 1.29 is 24.9 Å². The molecule has 0 aliphatic heterocycles. The molecule has 0 aromatic carbocycles. The highest BCUT2D eigenvalue weighted by Crippen LogP contribution is 2.61. The first kappa shape index (κ1) is 22.1. The van der Waals surface area contributed by atoms with Crippen molar-refractivity contribution >= 4 is 22.9 Å². The SMILES string of the molecule is Nc1nc(C2(O)C3CC4CC(C3)CC2C4)nc2c1ncn2CO[C@H](C(=O)NC1CC1)C(O)CO. The van der Waals surface area contributed by atoms with Crippen molar-refractivity contribution in [3.8, 4) is 0 Å². The first-order valence-corrected chi connectivity index (χ1v) is 12.3. The van der Waals surface area contributed by atoms with Gasteiger partial charge in [0, 0.05) is 6.04 Å². The summed E-state index contributed by atoms with van der Waals surface area (Å²) in [5, 5.41) is 34.2. The first-order valence-electron chi connectivity index (χ1n) is 12.3. The Bertz CT molecular complexity index is 1070. The Morgan fingerprint density at radius 1 is 1.21 bits per heavy atom. The second kappa shape index (κ2) is 8.11. The Balaban J connectivity index is 1.28. The molecule has 5 saturated carbocycles. The molecule has 2 atom stereocenters. The summed E-state index contributed by atoms with van der Waals surface area (Å²) in [4.78, 5) is 26.0. The number of nitrogen functional groups attached to an aromatic ring is 1. The summed E-state index contributed by atoms with van der Waals surface area (Å²) >= 11 is 0. The molecule has 11 nitrogen and oxygen atoms in total. The van der Waals surface area contributed by atoms with Crippen molar-refractivity contribution in [2.75, 3.05) is 12.3 Å². The van der Waals surface area contributed by atoms with E-state index in [2.05, 4.69) is 15.3 Å². The van der Waals surface area contributed by atoms with Crippen molar-refractivity contribution in [1.82, 2.24) is 24.8 Å². The summed E-state index contributed by atoms with van der Waals surface area (Å²) in [6, 6.07) is 0.0930. The van der Waals surface area contributed by atoms with Crippen LogP contribution >= 0.6 is 0 Å². The van der Waals surface area contributed by atoms with Gasteiger partial charge in [-0.05, 0) is 68.6 Å². The van der Waals surface area contributed by atoms with Gasteiger partial charge in [0.05, 0.1) is 12.9 Å². The highest BCUT2D eigenvalue weighted by Gasteiger charge is 2.59. The maximum Gasteiger partial charge on any atom is 0.252 e. The average molecular weight is 473 g/mol. The minimum atomic E-state index is -1.36. The Morgan fingerprint density at radius 3 is 2.50 bits per heavy atom. The zero-order valence-electron chi connectivity index (χ0n) is 19.0. The van der Waals surface area contributed by atoms with E-state index in [0.29, 0.717) is 28.8 Å². The Kier molecular flexibility index (Phi) is 5.28. The number of fused-ring (bicyclic) bond motifs is 1. The number of aromatic nitrogens is 4. The quantitative estimate of drug-likeness (QED) is 0.356. The molecule has 1 unspecified atom stereocenters. The van der Waals surface area contributed by atoms with Gasteiger partial charge < -0.3 is 31.1 Å². The second-order valence-electron chi connectivity index (χ2n) is 10.7. The van der Waals surface area contributed by atoms with E-state index in [4.69, 9.17) is 15.5 Å². The smallest absolute Gasteiger partial charge is 0.252 e. The predicted molar refractivity (Wildman–Crippen MR) is 120 cm³/mol. The number of carbonyl (C=O) groups excluding carboxylic acids is 1. The maximum atomic E-state index is 12.5. The maximum absolute atomic E-state index is 12.5. The number of rotatable bonds is 8. The van der Waals surface area contributed by atoms with Gasteiger partial charge in [0.15, 0.2) is 23.4 Å². The van der Waals surface area contributed by atoms with Crippen LogP contribution in [-0.4, -0.2) is 65.6 Å². The lowest BCUT2D eigenvalue weighted by Crippen LogP contribution is -2.56. The van der Waals surface area contributed by atoms with Gasteiger partial charge in [0.25, 0.3) is 5.91 Å². The van der Waals surface area contributed by atoms with Crippen LogP contribution in [0.1, 0.15) is 50.8 Å². The number of nitrogens with zero attached hydrogens (tertiary/aromatic N) is 4. The summed E-state index contributed by atoms with van der Waals surface area (Å²) in [5.41, 5.74) is 5.93. The number of hydrogen-bond acceptors (Lipinski definition) is 9. The van der Waals surface area contributed by atoms with Crippen LogP contribution in [0.15, 0.2) is 6.33 Å². The molecule has 6 N–H and O–H groups in total. The Hall–Kier alpha value is -2.34. The van der Waals surface area contributed by atoms with Gasteiger partial charge in [-0.25, -0.2) is 15.0 Å². The third-order valence-corrected chi connectivity index (χ3v) is 8.34. The van der Waals surface area contributed by atoms with E-state index in [1.54, 1.807) is 4.57 Å². The van der Waals surface area contributed by atoms with Crippen LogP contribution < -0.4 is 11.1 Å². The van der Waals surface area contributed by atoms with Gasteiger partial charge in [-0.1, -0.05) is 0 Å². The zero-order valence-corrected chi connectivity index (χ0v) is 19.0. The van der Waals surface area contributed by atoms with E-state index in [-0.39, 0.29) is 30.4 Å². The van der Waals surface area contributed by atoms with Crippen molar-refractivity contribution in [2.45, 2.75) is 75.5 Å². The molecule has 11 heteroatoms. The van der Waals surface area contributed by atoms with Gasteiger partial charge in [-0.3, -0.25) is 9.36 Å². The van der Waals surface area contributed by atoms with Crippen LogP contribution in [0.3, 0.4) is 0 Å². The van der Waals surface area contributed by atoms with Gasteiger partial charge >= 0.3 is 0 Å². The summed E-state index contributed by atoms with van der Waals surface area (Å²) < 4.78 is 7.30. The molecular weight excluding hydrogens is 440 g/mol. The van der Waals surface area contributed by atoms with Gasteiger partial charge in [0.2, 0.25) is 0 Å². The number of hydrogen-bond donors (Lipinski definition) is 5. The lowest BCUT2D eigenvalue weighted by atomic mass is 9.49. The van der Waals surface area contributed by atoms with Crippen molar-refractivity contribution in [3.05, 3.63) is 12.2 Å². The summed E-state index contributed by atoms with van der Waals surface area (Å²) in [7, 11) is 0. The minimum Gasteiger partial charge on any atom is -0.394 e. The van der Waals surface area contributed by atoms with E-state index in [1.807, 2.05) is 0 Å². The molecule has 4 bridgehead atoms. The Morgan fingerprint density at radius 2 is 1.88 bits per heavy atom. The summed E-state index contributed by atoms with van der Waals surface area (Å²) in [6.45, 7) is -0.744. The number of nitrogens with one attached hydrogen (secondary N) is 1. The van der Waals surface area contributed by atoms with Gasteiger partial charge in [0.1, 0.15) is 24.0 Å². The topological polar surface area (TPSA) is 169 Å². The number of amides is 1. The molecule has 2 aromatic heterocycles. The normalized spacial score (nSPS) is 33.9. The molecule has 7 rings (SSSR count). The molecule has 0 spiro atoms. The van der Waals surface area contributed by atoms with E-state index in [0.717, 1.165) is 38.5 Å². The number of carbonyl (C=O) groups is 1. The van der Waals surface area contributed by atoms with E-state index >= 15 is 0 Å². The van der Waals surface area contributed by atoms with E-state index < -0.39 is 30.3 Å². The molecule has 5 fully saturated rings. The van der Waals surface area contributed by atoms with E-state index in [9.17, 15) is 20.1 Å². The number of aliphatic hydroxyl groups excluding tert-OH is 2. The molecule has 0 radical (unpaired) electrons. The van der Waals surface area contributed by atoms with Crippen molar-refractivity contribution in [2.24, 2.45) is 23.7 Å². The number of anilines is 1. The van der Waals surface area contributed by atoms with Crippen LogP contribution in [0.2, 0.25) is 0 Å². The van der Waals surface area contributed by atoms with Crippen LogP contribution in [0, 0.1) is 23.7 Å². The molecule has 5 aliphatic rings. The van der Waals surface area contributed by atoms with E-state index in [1.165, 1.54) is 12.7 Å². The largest absolute Gasteiger partial charge is 0.394 e. The number of nitrogens with two attached hydrogens (primary N) is 1. The number of ether oxygens (including phenoxy) is 1. The van der Waals surface area contributed by atoms with Gasteiger partial charge in [-0.15, -0.1) is 0 Å². The first-order chi connectivity index (χ1) is 16.4. The lowest BCUT2D eigenvalue weighted by molar-refractivity contribution is -0.183. The monoisotopic (exact) mass is 472 g/mol. The lowest BCUT2D eigenvalue weighted by Gasteiger charge is -2.58. The number of imidazole rings is 1. The van der Waals surface area contributed by atoms with Crippen LogP contribution in [0.4, 0.5) is 5.82 Å². The third-order valence-electron chi connectivity index (χ3n) is 8.34. The highest BCUT2D eigenvalue weighted by molar-refractivity contribution is 5.82. The summed E-state index contributed by atoms with van der Waals surface area (Å²) in [6.07, 6.45) is 5.90. The van der Waals surface area contributed by atoms with Crippen LogP contribution in [-0.2, 0) is 21.9 Å². The number of aliphatic hydroxyl groups is 3. The van der Waals surface area contributed by atoms with Crippen molar-refractivity contribution in [3.63, 3.8) is 0 Å². The molecule has 184 valence electrons. The van der Waals surface area contributed by atoms with Crippen LogP contribution in [0.5, 0.6) is 0 Å². The fraction of sp³-hybridized carbons (Fsp3) is 0.739.